The predicted molar refractivity (Wildman–Crippen MR) is 121 cm³/mol. The molecule has 0 saturated heterocycles. The molecule has 1 aromatic carbocycles. The van der Waals surface area contributed by atoms with E-state index in [0.29, 0.717) is 25.3 Å². The number of hydrogen-bond donors (Lipinski definition) is 1. The van der Waals surface area contributed by atoms with Gasteiger partial charge in [-0.3, -0.25) is 4.79 Å². The van der Waals surface area contributed by atoms with Crippen molar-refractivity contribution in [3.8, 4) is 10.7 Å². The van der Waals surface area contributed by atoms with Gasteiger partial charge in [0.15, 0.2) is 5.82 Å². The Bertz CT molecular complexity index is 1110. The summed E-state index contributed by atoms with van der Waals surface area (Å²) in [6.07, 6.45) is 2.03. The molecule has 7 heteroatoms. The molecule has 6 nitrogen and oxygen atoms in total. The van der Waals surface area contributed by atoms with E-state index in [-0.39, 0.29) is 11.9 Å². The number of furan rings is 1. The van der Waals surface area contributed by atoms with Gasteiger partial charge in [-0.05, 0) is 49.6 Å². The van der Waals surface area contributed by atoms with Crippen LogP contribution in [0.25, 0.3) is 21.6 Å². The van der Waals surface area contributed by atoms with Crippen LogP contribution in [0, 0.1) is 0 Å². The highest BCUT2D eigenvalue weighted by Gasteiger charge is 2.18. The monoisotopic (exact) mass is 420 g/mol. The highest BCUT2D eigenvalue weighted by atomic mass is 32.1. The standard InChI is InChI=1S/C23H24N4O2S/c1-16(2)24-21(28)11-12-27(15-17-7-5-13-29-17)23-18-8-3-4-9-19(18)25-22(26-23)20-10-6-14-30-20/h3-10,13-14,16H,11-12,15H2,1-2H3,(H,24,28). The number of carbonyl (C=O) groups excluding carboxylic acids is 1. The van der Waals surface area contributed by atoms with E-state index in [4.69, 9.17) is 14.4 Å². The van der Waals surface area contributed by atoms with Crippen LogP contribution in [0.15, 0.2) is 64.6 Å². The van der Waals surface area contributed by atoms with Crippen molar-refractivity contribution in [3.63, 3.8) is 0 Å². The lowest BCUT2D eigenvalue weighted by Gasteiger charge is -2.24. The average molecular weight is 421 g/mol. The Balaban J connectivity index is 1.73. The zero-order valence-corrected chi connectivity index (χ0v) is 17.9. The van der Waals surface area contributed by atoms with E-state index in [0.717, 1.165) is 27.4 Å². The number of anilines is 1. The SMILES string of the molecule is CC(C)NC(=O)CCN(Cc1ccco1)c1nc(-c2cccs2)nc2ccccc12. The van der Waals surface area contributed by atoms with Crippen molar-refractivity contribution in [2.75, 3.05) is 11.4 Å². The Hall–Kier alpha value is -3.19. The van der Waals surface area contributed by atoms with Crippen LogP contribution in [-0.2, 0) is 11.3 Å². The first-order valence-corrected chi connectivity index (χ1v) is 10.9. The molecule has 0 saturated carbocycles. The number of aromatic nitrogens is 2. The van der Waals surface area contributed by atoms with E-state index >= 15 is 0 Å². The van der Waals surface area contributed by atoms with Gasteiger partial charge in [0, 0.05) is 24.4 Å². The fraction of sp³-hybridized carbons (Fsp3) is 0.261. The molecule has 0 bridgehead atoms. The second-order valence-electron chi connectivity index (χ2n) is 7.34. The van der Waals surface area contributed by atoms with Crippen molar-refractivity contribution in [1.29, 1.82) is 0 Å². The molecule has 1 amide bonds. The molecule has 0 radical (unpaired) electrons. The number of nitrogens with one attached hydrogen (secondary N) is 1. The van der Waals surface area contributed by atoms with Gasteiger partial charge >= 0.3 is 0 Å². The van der Waals surface area contributed by atoms with Crippen LogP contribution >= 0.6 is 11.3 Å². The highest BCUT2D eigenvalue weighted by Crippen LogP contribution is 2.30. The summed E-state index contributed by atoms with van der Waals surface area (Å²) >= 11 is 1.61. The molecule has 154 valence electrons. The predicted octanol–water partition coefficient (Wildman–Crippen LogP) is 4.87. The van der Waals surface area contributed by atoms with Gasteiger partial charge < -0.3 is 14.6 Å². The smallest absolute Gasteiger partial charge is 0.221 e. The maximum atomic E-state index is 12.3. The first kappa shape index (κ1) is 20.1. The summed E-state index contributed by atoms with van der Waals surface area (Å²) in [5.41, 5.74) is 0.877. The van der Waals surface area contributed by atoms with Gasteiger partial charge in [0.1, 0.15) is 11.6 Å². The van der Waals surface area contributed by atoms with Crippen LogP contribution in [0.1, 0.15) is 26.0 Å². The van der Waals surface area contributed by atoms with Crippen LogP contribution in [0.5, 0.6) is 0 Å². The lowest BCUT2D eigenvalue weighted by atomic mass is 10.2. The second kappa shape index (κ2) is 9.09. The molecule has 0 spiro atoms. The quantitative estimate of drug-likeness (QED) is 0.440. The minimum atomic E-state index is 0.0197. The number of fused-ring (bicyclic) bond motifs is 1. The Morgan fingerprint density at radius 3 is 2.73 bits per heavy atom. The Kier molecular flexibility index (Phi) is 6.09. The second-order valence-corrected chi connectivity index (χ2v) is 8.29. The van der Waals surface area contributed by atoms with E-state index in [1.165, 1.54) is 0 Å². The number of para-hydroxylation sites is 1. The molecule has 30 heavy (non-hydrogen) atoms. The molecular weight excluding hydrogens is 396 g/mol. The molecule has 0 fully saturated rings. The van der Waals surface area contributed by atoms with Crippen LogP contribution in [0.4, 0.5) is 5.82 Å². The van der Waals surface area contributed by atoms with Gasteiger partial charge in [0.2, 0.25) is 5.91 Å². The van der Waals surface area contributed by atoms with E-state index in [9.17, 15) is 4.79 Å². The van der Waals surface area contributed by atoms with Crippen LogP contribution in [-0.4, -0.2) is 28.5 Å². The largest absolute Gasteiger partial charge is 0.467 e. The minimum Gasteiger partial charge on any atom is -0.467 e. The van der Waals surface area contributed by atoms with E-state index in [2.05, 4.69) is 10.2 Å². The number of hydrogen-bond acceptors (Lipinski definition) is 6. The van der Waals surface area contributed by atoms with Crippen molar-refractivity contribution in [3.05, 3.63) is 65.9 Å². The molecule has 0 aliphatic rings. The van der Waals surface area contributed by atoms with Crippen molar-refractivity contribution < 1.29 is 9.21 Å². The van der Waals surface area contributed by atoms with Crippen molar-refractivity contribution in [2.24, 2.45) is 0 Å². The fourth-order valence-corrected chi connectivity index (χ4v) is 3.96. The normalized spacial score (nSPS) is 11.2. The molecule has 3 aromatic heterocycles. The summed E-state index contributed by atoms with van der Waals surface area (Å²) in [7, 11) is 0. The summed E-state index contributed by atoms with van der Waals surface area (Å²) in [6, 6.07) is 15.9. The number of rotatable bonds is 8. The molecule has 0 aliphatic carbocycles. The lowest BCUT2D eigenvalue weighted by molar-refractivity contribution is -0.121. The van der Waals surface area contributed by atoms with Gasteiger partial charge in [-0.2, -0.15) is 0 Å². The van der Waals surface area contributed by atoms with Gasteiger partial charge in [0.25, 0.3) is 0 Å². The molecule has 0 unspecified atom stereocenters. The third-order valence-corrected chi connectivity index (χ3v) is 5.48. The lowest BCUT2D eigenvalue weighted by Crippen LogP contribution is -2.34. The van der Waals surface area contributed by atoms with Crippen molar-refractivity contribution in [2.45, 2.75) is 32.9 Å². The minimum absolute atomic E-state index is 0.0197. The third-order valence-electron chi connectivity index (χ3n) is 4.61. The molecule has 4 aromatic rings. The summed E-state index contributed by atoms with van der Waals surface area (Å²) in [6.45, 7) is 4.96. The first-order chi connectivity index (χ1) is 14.6. The van der Waals surface area contributed by atoms with Gasteiger partial charge in [-0.25, -0.2) is 9.97 Å². The summed E-state index contributed by atoms with van der Waals surface area (Å²) in [5, 5.41) is 5.93. The van der Waals surface area contributed by atoms with Gasteiger partial charge in [-0.15, -0.1) is 11.3 Å². The molecular formula is C23H24N4O2S. The number of benzene rings is 1. The molecule has 4 rings (SSSR count). The summed E-state index contributed by atoms with van der Waals surface area (Å²) in [4.78, 5) is 25.1. The van der Waals surface area contributed by atoms with Crippen molar-refractivity contribution in [1.82, 2.24) is 15.3 Å². The Morgan fingerprint density at radius 1 is 1.13 bits per heavy atom. The number of nitrogens with zero attached hydrogens (tertiary/aromatic N) is 3. The number of amides is 1. The van der Waals surface area contributed by atoms with Gasteiger partial charge in [-0.1, -0.05) is 18.2 Å². The summed E-state index contributed by atoms with van der Waals surface area (Å²) < 4.78 is 5.59. The van der Waals surface area contributed by atoms with Gasteiger partial charge in [0.05, 0.1) is 23.2 Å². The van der Waals surface area contributed by atoms with Crippen LogP contribution < -0.4 is 10.2 Å². The molecule has 3 heterocycles. The number of thiophene rings is 1. The molecule has 1 N–H and O–H groups in total. The number of carbonyl (C=O) groups is 1. The van der Waals surface area contributed by atoms with E-state index in [1.54, 1.807) is 17.6 Å². The first-order valence-electron chi connectivity index (χ1n) is 9.97. The van der Waals surface area contributed by atoms with E-state index < -0.39 is 0 Å². The molecule has 0 atom stereocenters. The molecule has 0 aliphatic heterocycles. The zero-order valence-electron chi connectivity index (χ0n) is 17.0. The Morgan fingerprint density at radius 2 is 2.00 bits per heavy atom. The van der Waals surface area contributed by atoms with Crippen LogP contribution in [0.2, 0.25) is 0 Å². The van der Waals surface area contributed by atoms with Crippen molar-refractivity contribution >= 4 is 34.0 Å². The fourth-order valence-electron chi connectivity index (χ4n) is 3.30. The van der Waals surface area contributed by atoms with E-state index in [1.807, 2.05) is 67.8 Å². The Labute approximate surface area is 179 Å². The maximum absolute atomic E-state index is 12.3. The average Bonchev–Trinajstić information content (AvgIpc) is 3.44. The highest BCUT2D eigenvalue weighted by molar-refractivity contribution is 7.13. The topological polar surface area (TPSA) is 71.3 Å². The van der Waals surface area contributed by atoms with Crippen LogP contribution in [0.3, 0.4) is 0 Å². The maximum Gasteiger partial charge on any atom is 0.221 e. The summed E-state index contributed by atoms with van der Waals surface area (Å²) in [5.74, 6) is 2.33. The zero-order chi connectivity index (χ0) is 20.9. The third kappa shape index (κ3) is 4.68.